The molecule has 26 heavy (non-hydrogen) atoms. The predicted octanol–water partition coefficient (Wildman–Crippen LogP) is 3.08. The quantitative estimate of drug-likeness (QED) is 0.587. The zero-order valence-electron chi connectivity index (χ0n) is 15.3. The number of rotatable bonds is 6. The molecule has 6 heteroatoms. The van der Waals surface area contributed by atoms with Gasteiger partial charge in [-0.1, -0.05) is 19.1 Å². The number of ether oxygens (including phenoxy) is 3. The molecule has 3 rings (SSSR count). The number of hydrogen-bond acceptors (Lipinski definition) is 5. The lowest BCUT2D eigenvalue weighted by Gasteiger charge is -2.24. The molecule has 1 aromatic heterocycles. The number of benzene rings is 1. The molecule has 2 aromatic rings. The van der Waals surface area contributed by atoms with Crippen molar-refractivity contribution in [1.82, 2.24) is 4.57 Å². The monoisotopic (exact) mass is 357 g/mol. The summed E-state index contributed by atoms with van der Waals surface area (Å²) < 4.78 is 18.4. The molecule has 0 N–H and O–H groups in total. The van der Waals surface area contributed by atoms with Crippen LogP contribution in [-0.4, -0.2) is 35.6 Å². The molecule has 1 aromatic carbocycles. The van der Waals surface area contributed by atoms with Gasteiger partial charge in [0.15, 0.2) is 18.1 Å². The first kappa shape index (κ1) is 18.0. The lowest BCUT2D eigenvalue weighted by atomic mass is 10.1. The maximum Gasteiger partial charge on any atom is 0.351 e. The minimum absolute atomic E-state index is 0.0645. The first-order valence-corrected chi connectivity index (χ1v) is 8.76. The van der Waals surface area contributed by atoms with Crippen molar-refractivity contribution in [1.29, 1.82) is 0 Å². The molecule has 1 unspecified atom stereocenters. The molecule has 0 aliphatic carbocycles. The number of nitrogens with zero attached hydrogens (tertiary/aromatic N) is 1. The van der Waals surface area contributed by atoms with Gasteiger partial charge in [-0.05, 0) is 38.5 Å². The van der Waals surface area contributed by atoms with Crippen molar-refractivity contribution in [3.63, 3.8) is 0 Å². The summed E-state index contributed by atoms with van der Waals surface area (Å²) in [6.45, 7) is 6.58. The highest BCUT2D eigenvalue weighted by Gasteiger charge is 2.29. The van der Waals surface area contributed by atoms with Gasteiger partial charge >= 0.3 is 5.97 Å². The predicted molar refractivity (Wildman–Crippen MR) is 95.8 cm³/mol. The van der Waals surface area contributed by atoms with Gasteiger partial charge in [0.25, 0.3) is 0 Å². The minimum Gasteiger partial charge on any atom is -0.485 e. The van der Waals surface area contributed by atoms with Gasteiger partial charge in [-0.25, -0.2) is 4.79 Å². The van der Waals surface area contributed by atoms with Crippen LogP contribution in [0, 0.1) is 13.8 Å². The number of ketones is 1. The summed E-state index contributed by atoms with van der Waals surface area (Å²) >= 11 is 0. The van der Waals surface area contributed by atoms with Crippen LogP contribution in [0.15, 0.2) is 30.3 Å². The number of Topliss-reactive ketones (excluding diaryl/α,β-unsaturated/α-hetero) is 1. The first-order chi connectivity index (χ1) is 12.5. The Bertz CT molecular complexity index is 824. The molecule has 1 aliphatic rings. The normalized spacial score (nSPS) is 15.6. The molecule has 0 bridgehead atoms. The van der Waals surface area contributed by atoms with Crippen LogP contribution in [0.5, 0.6) is 11.5 Å². The highest BCUT2D eigenvalue weighted by molar-refractivity contribution is 5.99. The topological polar surface area (TPSA) is 66.8 Å². The highest BCUT2D eigenvalue weighted by atomic mass is 16.6. The fourth-order valence-electron chi connectivity index (χ4n) is 3.09. The van der Waals surface area contributed by atoms with Crippen molar-refractivity contribution in [2.75, 3.05) is 13.2 Å². The van der Waals surface area contributed by atoms with Crippen molar-refractivity contribution in [3.05, 3.63) is 47.3 Å². The van der Waals surface area contributed by atoms with Crippen molar-refractivity contribution < 1.29 is 23.8 Å². The van der Waals surface area contributed by atoms with E-state index in [0.717, 1.165) is 24.4 Å². The van der Waals surface area contributed by atoms with Crippen molar-refractivity contribution in [3.8, 4) is 11.5 Å². The van der Waals surface area contributed by atoms with Crippen molar-refractivity contribution >= 4 is 11.8 Å². The molecular formula is C20H23NO5. The number of carbonyl (C=O) groups is 2. The third-order valence-electron chi connectivity index (χ3n) is 4.44. The van der Waals surface area contributed by atoms with Crippen molar-refractivity contribution in [2.24, 2.45) is 0 Å². The number of aryl methyl sites for hydroxylation is 1. The number of aromatic nitrogens is 1. The molecule has 0 spiro atoms. The maximum atomic E-state index is 12.5. The SMILES string of the molecule is CCCn1c(C)cc(C(=O)COC(=O)C2COc3ccccc3O2)c1C. The molecule has 138 valence electrons. The summed E-state index contributed by atoms with van der Waals surface area (Å²) in [5, 5.41) is 0. The van der Waals surface area contributed by atoms with Gasteiger partial charge in [0.05, 0.1) is 0 Å². The Labute approximate surface area is 152 Å². The van der Waals surface area contributed by atoms with E-state index in [9.17, 15) is 9.59 Å². The smallest absolute Gasteiger partial charge is 0.351 e. The Morgan fingerprint density at radius 3 is 2.69 bits per heavy atom. The summed E-state index contributed by atoms with van der Waals surface area (Å²) in [6, 6.07) is 8.96. The molecule has 1 aliphatic heterocycles. The molecule has 0 saturated carbocycles. The van der Waals surface area contributed by atoms with Crippen LogP contribution < -0.4 is 9.47 Å². The van der Waals surface area contributed by atoms with E-state index in [1.165, 1.54) is 0 Å². The molecule has 0 amide bonds. The fourth-order valence-corrected chi connectivity index (χ4v) is 3.09. The van der Waals surface area contributed by atoms with Crippen LogP contribution in [0.25, 0.3) is 0 Å². The average Bonchev–Trinajstić information content (AvgIpc) is 2.94. The van der Waals surface area contributed by atoms with E-state index >= 15 is 0 Å². The zero-order valence-corrected chi connectivity index (χ0v) is 15.3. The zero-order chi connectivity index (χ0) is 18.7. The summed E-state index contributed by atoms with van der Waals surface area (Å²) in [7, 11) is 0. The standard InChI is InChI=1S/C20H23NO5/c1-4-9-21-13(2)10-15(14(21)3)16(22)11-25-20(23)19-12-24-17-7-5-6-8-18(17)26-19/h5-8,10,19H,4,9,11-12H2,1-3H3. The van der Waals surface area contributed by atoms with Gasteiger partial charge in [-0.2, -0.15) is 0 Å². The molecule has 0 fully saturated rings. The number of carbonyl (C=O) groups excluding carboxylic acids is 2. The first-order valence-electron chi connectivity index (χ1n) is 8.76. The Kier molecular flexibility index (Phi) is 5.30. The van der Waals surface area contributed by atoms with E-state index in [0.29, 0.717) is 17.1 Å². The van der Waals surface area contributed by atoms with E-state index < -0.39 is 12.1 Å². The Hall–Kier alpha value is -2.76. The summed E-state index contributed by atoms with van der Waals surface area (Å²) in [5.41, 5.74) is 2.52. The van der Waals surface area contributed by atoms with Gasteiger partial charge < -0.3 is 18.8 Å². The largest absolute Gasteiger partial charge is 0.485 e. The van der Waals surface area contributed by atoms with E-state index in [2.05, 4.69) is 11.5 Å². The summed E-state index contributed by atoms with van der Waals surface area (Å²) in [6.07, 6.45) is 0.115. The van der Waals surface area contributed by atoms with Gasteiger partial charge in [-0.15, -0.1) is 0 Å². The molecular weight excluding hydrogens is 334 g/mol. The van der Waals surface area contributed by atoms with E-state index in [1.54, 1.807) is 18.2 Å². The minimum atomic E-state index is -0.870. The van der Waals surface area contributed by atoms with Crippen LogP contribution in [-0.2, 0) is 16.1 Å². The van der Waals surface area contributed by atoms with Crippen molar-refractivity contribution in [2.45, 2.75) is 39.8 Å². The van der Waals surface area contributed by atoms with E-state index in [1.807, 2.05) is 26.0 Å². The average molecular weight is 357 g/mol. The van der Waals surface area contributed by atoms with Gasteiger partial charge in [0, 0.05) is 23.5 Å². The van der Waals surface area contributed by atoms with Gasteiger partial charge in [-0.3, -0.25) is 4.79 Å². The third-order valence-corrected chi connectivity index (χ3v) is 4.44. The fraction of sp³-hybridized carbons (Fsp3) is 0.400. The number of fused-ring (bicyclic) bond motifs is 1. The number of para-hydroxylation sites is 2. The second-order valence-corrected chi connectivity index (χ2v) is 6.33. The molecule has 6 nitrogen and oxygen atoms in total. The molecule has 0 radical (unpaired) electrons. The lowest BCUT2D eigenvalue weighted by molar-refractivity contribution is -0.153. The molecule has 1 atom stereocenters. The molecule has 2 heterocycles. The van der Waals surface area contributed by atoms with E-state index in [-0.39, 0.29) is 19.0 Å². The van der Waals surface area contributed by atoms with Crippen LogP contribution in [0.3, 0.4) is 0 Å². The Balaban J connectivity index is 1.60. The van der Waals surface area contributed by atoms with Crippen LogP contribution in [0.2, 0.25) is 0 Å². The summed E-state index contributed by atoms with van der Waals surface area (Å²) in [4.78, 5) is 24.7. The Morgan fingerprint density at radius 1 is 1.23 bits per heavy atom. The highest BCUT2D eigenvalue weighted by Crippen LogP contribution is 2.31. The second kappa shape index (κ2) is 7.64. The second-order valence-electron chi connectivity index (χ2n) is 6.33. The van der Waals surface area contributed by atoms with Crippen LogP contribution in [0.4, 0.5) is 0 Å². The Morgan fingerprint density at radius 2 is 1.96 bits per heavy atom. The van der Waals surface area contributed by atoms with Crippen LogP contribution >= 0.6 is 0 Å². The van der Waals surface area contributed by atoms with Gasteiger partial charge in [0.2, 0.25) is 11.9 Å². The summed E-state index contributed by atoms with van der Waals surface area (Å²) in [5.74, 6) is 0.271. The lowest BCUT2D eigenvalue weighted by Crippen LogP contribution is -2.38. The maximum absolute atomic E-state index is 12.5. The molecule has 0 saturated heterocycles. The number of hydrogen-bond donors (Lipinski definition) is 0. The number of esters is 1. The van der Waals surface area contributed by atoms with E-state index in [4.69, 9.17) is 14.2 Å². The van der Waals surface area contributed by atoms with Crippen LogP contribution in [0.1, 0.15) is 35.1 Å². The van der Waals surface area contributed by atoms with Gasteiger partial charge in [0.1, 0.15) is 6.61 Å². The third kappa shape index (κ3) is 3.59.